The number of rotatable bonds is 7. The van der Waals surface area contributed by atoms with Crippen molar-refractivity contribution in [3.8, 4) is 5.69 Å². The topological polar surface area (TPSA) is 79.3 Å². The van der Waals surface area contributed by atoms with Crippen LogP contribution in [0.1, 0.15) is 50.2 Å². The molecule has 0 aliphatic carbocycles. The summed E-state index contributed by atoms with van der Waals surface area (Å²) >= 11 is 7.77. The molecule has 0 unspecified atom stereocenters. The van der Waals surface area contributed by atoms with Gasteiger partial charge in [0.05, 0.1) is 17.4 Å². The van der Waals surface area contributed by atoms with Crippen molar-refractivity contribution in [1.82, 2.24) is 15.1 Å². The smallest absolute Gasteiger partial charge is 0.223 e. The van der Waals surface area contributed by atoms with Crippen LogP contribution in [0.2, 0.25) is 5.02 Å². The molecule has 0 radical (unpaired) electrons. The van der Waals surface area contributed by atoms with Crippen LogP contribution in [-0.4, -0.2) is 34.7 Å². The van der Waals surface area contributed by atoms with Gasteiger partial charge in [0.2, 0.25) is 11.8 Å². The van der Waals surface area contributed by atoms with Gasteiger partial charge >= 0.3 is 0 Å². The van der Waals surface area contributed by atoms with Crippen molar-refractivity contribution < 1.29 is 9.59 Å². The summed E-state index contributed by atoms with van der Waals surface area (Å²) in [5.41, 5.74) is 2.30. The normalized spacial score (nSPS) is 15.3. The van der Waals surface area contributed by atoms with Crippen LogP contribution in [-0.2, 0) is 9.59 Å². The van der Waals surface area contributed by atoms with Crippen LogP contribution in [0.15, 0.2) is 41.8 Å². The Hall–Kier alpha value is -2.84. The fraction of sp³-hybridized carbons (Fsp3) is 0.423. The van der Waals surface area contributed by atoms with Gasteiger partial charge in [-0.1, -0.05) is 31.5 Å². The van der Waals surface area contributed by atoms with Crippen LogP contribution in [0.3, 0.4) is 0 Å². The highest BCUT2D eigenvalue weighted by Gasteiger charge is 2.31. The van der Waals surface area contributed by atoms with Crippen LogP contribution in [0, 0.1) is 18.8 Å². The molecular weight excluding hydrogens is 482 g/mol. The minimum atomic E-state index is -0.146. The molecule has 1 atom stereocenters. The summed E-state index contributed by atoms with van der Waals surface area (Å²) < 4.78 is 1.85. The molecule has 1 aliphatic rings. The number of nitrogens with one attached hydrogen (secondary N) is 2. The van der Waals surface area contributed by atoms with E-state index in [9.17, 15) is 9.59 Å². The third-order valence-corrected chi connectivity index (χ3v) is 7.60. The standard InChI is InChI=1S/C26H32ClN5O2S/c1-16(2)23(22-6-5-15-35-22)29-25(34)19-11-13-31(14-12-19)26-24(28-18(4)33)17(3)30-32(26)21-9-7-20(27)8-10-21/h5-10,15-16,19,23H,11-14H2,1-4H3,(H,28,33)(H,29,34)/t23-/m1/s1. The molecule has 2 N–H and O–H groups in total. The summed E-state index contributed by atoms with van der Waals surface area (Å²) in [5, 5.41) is 13.7. The summed E-state index contributed by atoms with van der Waals surface area (Å²) in [4.78, 5) is 28.5. The molecule has 2 amide bonds. The van der Waals surface area contributed by atoms with Crippen molar-refractivity contribution in [3.63, 3.8) is 0 Å². The Morgan fingerprint density at radius 1 is 1.14 bits per heavy atom. The Morgan fingerprint density at radius 3 is 2.40 bits per heavy atom. The zero-order chi connectivity index (χ0) is 25.1. The van der Waals surface area contributed by atoms with Gasteiger partial charge in [-0.25, -0.2) is 4.68 Å². The minimum Gasteiger partial charge on any atom is -0.355 e. The Kier molecular flexibility index (Phi) is 7.82. The third-order valence-electron chi connectivity index (χ3n) is 6.39. The average molecular weight is 514 g/mol. The van der Waals surface area contributed by atoms with Crippen molar-refractivity contribution in [2.24, 2.45) is 11.8 Å². The van der Waals surface area contributed by atoms with Gasteiger partial charge in [0.1, 0.15) is 5.69 Å². The second kappa shape index (κ2) is 10.8. The van der Waals surface area contributed by atoms with Gasteiger partial charge < -0.3 is 15.5 Å². The number of hydrogen-bond donors (Lipinski definition) is 2. The first-order valence-corrected chi connectivity index (χ1v) is 13.2. The van der Waals surface area contributed by atoms with Crippen molar-refractivity contribution in [2.45, 2.75) is 46.6 Å². The van der Waals surface area contributed by atoms with E-state index in [1.807, 2.05) is 47.3 Å². The number of carbonyl (C=O) groups is 2. The molecule has 1 aliphatic heterocycles. The number of nitrogens with zero attached hydrogens (tertiary/aromatic N) is 3. The maximum atomic E-state index is 13.2. The second-order valence-electron chi connectivity index (χ2n) is 9.36. The monoisotopic (exact) mass is 513 g/mol. The minimum absolute atomic E-state index is 0.0286. The summed E-state index contributed by atoms with van der Waals surface area (Å²) in [5.74, 6) is 1.06. The zero-order valence-electron chi connectivity index (χ0n) is 20.5. The lowest BCUT2D eigenvalue weighted by Crippen LogP contribution is -2.43. The van der Waals surface area contributed by atoms with Crippen LogP contribution in [0.25, 0.3) is 5.69 Å². The van der Waals surface area contributed by atoms with Crippen LogP contribution in [0.4, 0.5) is 11.5 Å². The second-order valence-corrected chi connectivity index (χ2v) is 10.8. The number of hydrogen-bond acceptors (Lipinski definition) is 5. The summed E-state index contributed by atoms with van der Waals surface area (Å²) in [6.45, 7) is 9.04. The quantitative estimate of drug-likeness (QED) is 0.432. The van der Waals surface area contributed by atoms with Crippen molar-refractivity contribution in [2.75, 3.05) is 23.3 Å². The largest absolute Gasteiger partial charge is 0.355 e. The summed E-state index contributed by atoms with van der Waals surface area (Å²) in [7, 11) is 0. The molecule has 0 bridgehead atoms. The molecule has 2 aromatic heterocycles. The van der Waals surface area contributed by atoms with Crippen LogP contribution in [0.5, 0.6) is 0 Å². The molecule has 7 nitrogen and oxygen atoms in total. The Balaban J connectivity index is 1.53. The lowest BCUT2D eigenvalue weighted by atomic mass is 9.94. The molecule has 3 aromatic rings. The lowest BCUT2D eigenvalue weighted by molar-refractivity contribution is -0.126. The predicted octanol–water partition coefficient (Wildman–Crippen LogP) is 5.58. The maximum absolute atomic E-state index is 13.2. The molecule has 186 valence electrons. The van der Waals surface area contributed by atoms with Gasteiger partial charge in [-0.15, -0.1) is 11.3 Å². The lowest BCUT2D eigenvalue weighted by Gasteiger charge is -2.34. The van der Waals surface area contributed by atoms with Crippen molar-refractivity contribution in [3.05, 3.63) is 57.4 Å². The molecule has 35 heavy (non-hydrogen) atoms. The van der Waals surface area contributed by atoms with E-state index < -0.39 is 0 Å². The fourth-order valence-electron chi connectivity index (χ4n) is 4.55. The van der Waals surface area contributed by atoms with E-state index in [2.05, 4.69) is 35.4 Å². The molecule has 4 rings (SSSR count). The van der Waals surface area contributed by atoms with Crippen LogP contribution < -0.4 is 15.5 Å². The number of benzene rings is 1. The van der Waals surface area contributed by atoms with E-state index >= 15 is 0 Å². The number of amides is 2. The molecule has 1 saturated heterocycles. The van der Waals surface area contributed by atoms with E-state index in [0.717, 1.165) is 30.0 Å². The number of thiophene rings is 1. The van der Waals surface area contributed by atoms with Gasteiger partial charge in [-0.05, 0) is 61.4 Å². The van der Waals surface area contributed by atoms with E-state index in [-0.39, 0.29) is 23.8 Å². The highest BCUT2D eigenvalue weighted by Crippen LogP contribution is 2.35. The fourth-order valence-corrected chi connectivity index (χ4v) is 5.63. The number of piperidine rings is 1. The number of carbonyl (C=O) groups excluding carboxylic acids is 2. The molecule has 0 spiro atoms. The SMILES string of the molecule is CC(=O)Nc1c(C)nn(-c2ccc(Cl)cc2)c1N1CCC(C(=O)N[C@@H](c2cccs2)C(C)C)CC1. The third kappa shape index (κ3) is 5.70. The highest BCUT2D eigenvalue weighted by atomic mass is 35.5. The van der Waals surface area contributed by atoms with E-state index in [1.165, 1.54) is 11.8 Å². The van der Waals surface area contributed by atoms with Crippen LogP contribution >= 0.6 is 22.9 Å². The number of halogens is 1. The first-order chi connectivity index (χ1) is 16.7. The summed E-state index contributed by atoms with van der Waals surface area (Å²) in [6, 6.07) is 11.6. The van der Waals surface area contributed by atoms with E-state index in [0.29, 0.717) is 29.7 Å². The van der Waals surface area contributed by atoms with Gasteiger partial charge in [-0.2, -0.15) is 5.10 Å². The number of aromatic nitrogens is 2. The van der Waals surface area contributed by atoms with E-state index in [1.54, 1.807) is 11.3 Å². The molecule has 9 heteroatoms. The van der Waals surface area contributed by atoms with Gasteiger partial charge in [0.25, 0.3) is 0 Å². The van der Waals surface area contributed by atoms with Gasteiger partial charge in [0, 0.05) is 35.8 Å². The Bertz CT molecular complexity index is 1170. The zero-order valence-corrected chi connectivity index (χ0v) is 22.1. The Labute approximate surface area is 215 Å². The summed E-state index contributed by atoms with van der Waals surface area (Å²) in [6.07, 6.45) is 1.46. The highest BCUT2D eigenvalue weighted by molar-refractivity contribution is 7.10. The first-order valence-electron chi connectivity index (χ1n) is 12.0. The molecule has 1 aromatic carbocycles. The molecular formula is C26H32ClN5O2S. The van der Waals surface area contributed by atoms with Gasteiger partial charge in [0.15, 0.2) is 5.82 Å². The molecule has 3 heterocycles. The number of anilines is 2. The average Bonchev–Trinajstić information content (AvgIpc) is 3.46. The molecule has 0 saturated carbocycles. The predicted molar refractivity (Wildman–Crippen MR) is 143 cm³/mol. The maximum Gasteiger partial charge on any atom is 0.223 e. The molecule has 1 fully saturated rings. The number of aryl methyl sites for hydroxylation is 1. The van der Waals surface area contributed by atoms with Crippen molar-refractivity contribution >= 4 is 46.3 Å². The van der Waals surface area contributed by atoms with Crippen molar-refractivity contribution in [1.29, 1.82) is 0 Å². The Morgan fingerprint density at radius 2 is 1.83 bits per heavy atom. The van der Waals surface area contributed by atoms with E-state index in [4.69, 9.17) is 16.7 Å². The van der Waals surface area contributed by atoms with Gasteiger partial charge in [-0.3, -0.25) is 9.59 Å². The first kappa shape index (κ1) is 25.3.